The van der Waals surface area contributed by atoms with Gasteiger partial charge in [0, 0.05) is 12.0 Å². The molecule has 0 heterocycles. The minimum absolute atomic E-state index is 0.00551. The maximum Gasteiger partial charge on any atom is 0.322 e. The lowest BCUT2D eigenvalue weighted by Gasteiger charge is -2.29. The Labute approximate surface area is 102 Å². The zero-order valence-electron chi connectivity index (χ0n) is 10.6. The highest BCUT2D eigenvalue weighted by Crippen LogP contribution is 2.24. The van der Waals surface area contributed by atoms with E-state index in [1.807, 2.05) is 0 Å². The number of primary amides is 1. The molecule has 0 spiro atoms. The number of amides is 1. The van der Waals surface area contributed by atoms with Crippen molar-refractivity contribution in [2.24, 2.45) is 11.7 Å². The van der Waals surface area contributed by atoms with Crippen LogP contribution in [-0.2, 0) is 14.3 Å². The van der Waals surface area contributed by atoms with Gasteiger partial charge in [0.2, 0.25) is 5.91 Å². The Morgan fingerprint density at radius 3 is 2.41 bits per heavy atom. The van der Waals surface area contributed by atoms with Crippen LogP contribution in [0, 0.1) is 5.92 Å². The van der Waals surface area contributed by atoms with Crippen LogP contribution >= 0.6 is 0 Å². The Balaban J connectivity index is 2.30. The molecule has 1 aliphatic carbocycles. The third-order valence-electron chi connectivity index (χ3n) is 3.26. The Morgan fingerprint density at radius 1 is 1.35 bits per heavy atom. The first-order valence-electron chi connectivity index (χ1n) is 6.26. The van der Waals surface area contributed by atoms with E-state index in [1.165, 1.54) is 0 Å². The van der Waals surface area contributed by atoms with Crippen molar-refractivity contribution >= 4 is 11.9 Å². The molecule has 0 aromatic rings. The summed E-state index contributed by atoms with van der Waals surface area (Å²) in [6, 6.07) is -0.00455. The molecule has 1 atom stereocenters. The van der Waals surface area contributed by atoms with E-state index < -0.39 is 0 Å². The van der Waals surface area contributed by atoms with Crippen molar-refractivity contribution in [3.05, 3.63) is 0 Å². The molecule has 0 radical (unpaired) electrons. The van der Waals surface area contributed by atoms with Crippen LogP contribution < -0.4 is 11.1 Å². The maximum atomic E-state index is 11.4. The largest absolute Gasteiger partial charge is 0.465 e. The smallest absolute Gasteiger partial charge is 0.322 e. The predicted octanol–water partition coefficient (Wildman–Crippen LogP) is 0.572. The first-order chi connectivity index (χ1) is 8.04. The first kappa shape index (κ1) is 14.0. The van der Waals surface area contributed by atoms with Crippen LogP contribution in [0.25, 0.3) is 0 Å². The lowest BCUT2D eigenvalue weighted by Crippen LogP contribution is -2.44. The number of carbonyl (C=O) groups excluding carboxylic acids is 2. The molecule has 5 nitrogen and oxygen atoms in total. The summed E-state index contributed by atoms with van der Waals surface area (Å²) in [5.74, 6) is -0.419. The van der Waals surface area contributed by atoms with Crippen LogP contribution in [0.15, 0.2) is 0 Å². The third kappa shape index (κ3) is 4.34. The standard InChI is InChI=1S/C12H22N2O3/c1-3-17-12(16)8(2)14-10-6-4-9(5-7-10)11(13)15/h8-10,14H,3-7H2,1-2H3,(H2,13,15). The number of carbonyl (C=O) groups is 2. The van der Waals surface area contributed by atoms with E-state index >= 15 is 0 Å². The van der Waals surface area contributed by atoms with E-state index in [-0.39, 0.29) is 29.9 Å². The molecule has 0 bridgehead atoms. The number of hydrogen-bond donors (Lipinski definition) is 2. The van der Waals surface area contributed by atoms with E-state index in [1.54, 1.807) is 13.8 Å². The van der Waals surface area contributed by atoms with Gasteiger partial charge < -0.3 is 15.8 Å². The summed E-state index contributed by atoms with van der Waals surface area (Å²) in [5, 5.41) is 3.24. The third-order valence-corrected chi connectivity index (χ3v) is 3.26. The Bertz CT molecular complexity index is 273. The monoisotopic (exact) mass is 242 g/mol. The quantitative estimate of drug-likeness (QED) is 0.691. The minimum Gasteiger partial charge on any atom is -0.465 e. The summed E-state index contributed by atoms with van der Waals surface area (Å²) in [7, 11) is 0. The second kappa shape index (κ2) is 6.59. The normalized spacial score (nSPS) is 26.2. The molecule has 1 fully saturated rings. The Morgan fingerprint density at radius 2 is 1.94 bits per heavy atom. The Kier molecular flexibility index (Phi) is 5.41. The van der Waals surface area contributed by atoms with Crippen molar-refractivity contribution in [1.82, 2.24) is 5.32 Å². The molecule has 1 rings (SSSR count). The van der Waals surface area contributed by atoms with Crippen LogP contribution in [0.5, 0.6) is 0 Å². The molecule has 0 saturated heterocycles. The first-order valence-corrected chi connectivity index (χ1v) is 6.26. The van der Waals surface area contributed by atoms with Crippen LogP contribution in [0.1, 0.15) is 39.5 Å². The van der Waals surface area contributed by atoms with Gasteiger partial charge in [-0.15, -0.1) is 0 Å². The average molecular weight is 242 g/mol. The lowest BCUT2D eigenvalue weighted by atomic mass is 9.85. The average Bonchev–Trinajstić information content (AvgIpc) is 2.30. The van der Waals surface area contributed by atoms with Crippen LogP contribution in [0.4, 0.5) is 0 Å². The van der Waals surface area contributed by atoms with Gasteiger partial charge in [0.1, 0.15) is 6.04 Å². The number of rotatable bonds is 5. The van der Waals surface area contributed by atoms with E-state index in [9.17, 15) is 9.59 Å². The van der Waals surface area contributed by atoms with E-state index in [2.05, 4.69) is 5.32 Å². The highest BCUT2D eigenvalue weighted by Gasteiger charge is 2.26. The van der Waals surface area contributed by atoms with Crippen molar-refractivity contribution in [1.29, 1.82) is 0 Å². The summed E-state index contributed by atoms with van der Waals surface area (Å²) >= 11 is 0. The van der Waals surface area contributed by atoms with Gasteiger partial charge in [-0.25, -0.2) is 0 Å². The zero-order valence-corrected chi connectivity index (χ0v) is 10.6. The molecule has 0 aromatic heterocycles. The van der Waals surface area contributed by atoms with E-state index in [4.69, 9.17) is 10.5 Å². The van der Waals surface area contributed by atoms with Crippen molar-refractivity contribution < 1.29 is 14.3 Å². The SMILES string of the molecule is CCOC(=O)C(C)NC1CCC(C(N)=O)CC1. The Hall–Kier alpha value is -1.10. The molecule has 17 heavy (non-hydrogen) atoms. The molecule has 1 amide bonds. The number of ether oxygens (including phenoxy) is 1. The zero-order chi connectivity index (χ0) is 12.8. The van der Waals surface area contributed by atoms with Crippen molar-refractivity contribution in [3.63, 3.8) is 0 Å². The summed E-state index contributed by atoms with van der Waals surface area (Å²) in [4.78, 5) is 22.4. The van der Waals surface area contributed by atoms with E-state index in [0.29, 0.717) is 6.61 Å². The van der Waals surface area contributed by atoms with Crippen molar-refractivity contribution in [3.8, 4) is 0 Å². The second-order valence-electron chi connectivity index (χ2n) is 4.59. The van der Waals surface area contributed by atoms with Gasteiger partial charge in [0.25, 0.3) is 0 Å². The molecule has 1 unspecified atom stereocenters. The fraction of sp³-hybridized carbons (Fsp3) is 0.833. The fourth-order valence-electron chi connectivity index (χ4n) is 2.23. The summed E-state index contributed by atoms with van der Waals surface area (Å²) < 4.78 is 4.93. The lowest BCUT2D eigenvalue weighted by molar-refractivity contribution is -0.145. The minimum atomic E-state index is -0.287. The molecule has 0 aromatic carbocycles. The topological polar surface area (TPSA) is 81.4 Å². The molecule has 5 heteroatoms. The summed E-state index contributed by atoms with van der Waals surface area (Å²) in [5.41, 5.74) is 5.27. The van der Waals surface area contributed by atoms with E-state index in [0.717, 1.165) is 25.7 Å². The van der Waals surface area contributed by atoms with Crippen LogP contribution in [-0.4, -0.2) is 30.6 Å². The van der Waals surface area contributed by atoms with Crippen LogP contribution in [0.3, 0.4) is 0 Å². The molecule has 3 N–H and O–H groups in total. The number of nitrogens with two attached hydrogens (primary N) is 1. The van der Waals surface area contributed by atoms with Crippen molar-refractivity contribution in [2.45, 2.75) is 51.6 Å². The molecule has 0 aliphatic heterocycles. The van der Waals surface area contributed by atoms with Crippen molar-refractivity contribution in [2.75, 3.05) is 6.61 Å². The van der Waals surface area contributed by atoms with Gasteiger partial charge in [-0.3, -0.25) is 9.59 Å². The van der Waals surface area contributed by atoms with Gasteiger partial charge >= 0.3 is 5.97 Å². The van der Waals surface area contributed by atoms with Crippen LogP contribution in [0.2, 0.25) is 0 Å². The molecule has 1 aliphatic rings. The molecule has 98 valence electrons. The highest BCUT2D eigenvalue weighted by molar-refractivity contribution is 5.76. The number of nitrogens with one attached hydrogen (secondary N) is 1. The molecular weight excluding hydrogens is 220 g/mol. The summed E-state index contributed by atoms with van der Waals surface area (Å²) in [6.07, 6.45) is 3.39. The predicted molar refractivity (Wildman–Crippen MR) is 64.2 cm³/mol. The molecular formula is C12H22N2O3. The highest BCUT2D eigenvalue weighted by atomic mass is 16.5. The van der Waals surface area contributed by atoms with Gasteiger partial charge in [-0.1, -0.05) is 0 Å². The van der Waals surface area contributed by atoms with Gasteiger partial charge in [0.05, 0.1) is 6.61 Å². The number of hydrogen-bond acceptors (Lipinski definition) is 4. The van der Waals surface area contributed by atoms with Gasteiger partial charge in [-0.2, -0.15) is 0 Å². The maximum absolute atomic E-state index is 11.4. The van der Waals surface area contributed by atoms with Gasteiger partial charge in [0.15, 0.2) is 0 Å². The second-order valence-corrected chi connectivity index (χ2v) is 4.59. The van der Waals surface area contributed by atoms with Gasteiger partial charge in [-0.05, 0) is 39.5 Å². The number of esters is 1. The fourth-order valence-corrected chi connectivity index (χ4v) is 2.23. The summed E-state index contributed by atoms with van der Waals surface area (Å²) in [6.45, 7) is 4.00. The molecule has 1 saturated carbocycles.